The molecular weight excluding hydrogens is 316 g/mol. The topological polar surface area (TPSA) is 53.6 Å². The van der Waals surface area contributed by atoms with E-state index in [4.69, 9.17) is 5.73 Å². The summed E-state index contributed by atoms with van der Waals surface area (Å²) in [4.78, 5) is 2.04. The highest BCUT2D eigenvalue weighted by molar-refractivity contribution is 9.10. The highest BCUT2D eigenvalue weighted by atomic mass is 79.9. The van der Waals surface area contributed by atoms with Crippen LogP contribution in [0, 0.1) is 0 Å². The van der Waals surface area contributed by atoms with Gasteiger partial charge in [0.15, 0.2) is 5.84 Å². The van der Waals surface area contributed by atoms with Crippen molar-refractivity contribution in [2.24, 2.45) is 10.8 Å². The van der Waals surface area contributed by atoms with Gasteiger partial charge in [0, 0.05) is 29.8 Å². The number of hydrogen-bond donors (Lipinski definition) is 2. The Kier molecular flexibility index (Phi) is 4.63. The predicted octanol–water partition coefficient (Wildman–Crippen LogP) is 3.25. The zero-order chi connectivity index (χ0) is 14.5. The molecule has 0 atom stereocenters. The third kappa shape index (κ3) is 3.74. The number of benzene rings is 2. The van der Waals surface area contributed by atoms with Gasteiger partial charge in [0.2, 0.25) is 0 Å². The minimum Gasteiger partial charge on any atom is -0.382 e. The van der Waals surface area contributed by atoms with Crippen LogP contribution in [0.4, 0.5) is 11.4 Å². The van der Waals surface area contributed by atoms with Crippen molar-refractivity contribution >= 4 is 33.1 Å². The number of amidine groups is 1. The molecule has 2 aromatic rings. The molecule has 104 valence electrons. The molecule has 5 heteroatoms. The first kappa shape index (κ1) is 14.4. The number of rotatable bonds is 4. The molecule has 2 aromatic carbocycles. The van der Waals surface area contributed by atoms with Gasteiger partial charge in [0.05, 0.1) is 5.69 Å². The number of nitrogens with zero attached hydrogens (tertiary/aromatic N) is 2. The van der Waals surface area contributed by atoms with Gasteiger partial charge in [0.1, 0.15) is 0 Å². The molecule has 0 bridgehead atoms. The Morgan fingerprint density at radius 3 is 2.20 bits per heavy atom. The summed E-state index contributed by atoms with van der Waals surface area (Å²) < 4.78 is 1.03. The van der Waals surface area contributed by atoms with Crippen LogP contribution in [0.3, 0.4) is 0 Å². The lowest BCUT2D eigenvalue weighted by Crippen LogP contribution is -2.16. The van der Waals surface area contributed by atoms with Crippen molar-refractivity contribution in [2.75, 3.05) is 24.4 Å². The van der Waals surface area contributed by atoms with E-state index in [-0.39, 0.29) is 0 Å². The maximum absolute atomic E-state index is 5.96. The Balaban J connectivity index is 2.08. The number of anilines is 2. The van der Waals surface area contributed by atoms with E-state index >= 15 is 0 Å². The number of hydrogen-bond acceptors (Lipinski definition) is 3. The highest BCUT2D eigenvalue weighted by Gasteiger charge is 2.00. The van der Waals surface area contributed by atoms with E-state index in [9.17, 15) is 0 Å². The molecule has 0 aliphatic rings. The minimum atomic E-state index is 0.457. The summed E-state index contributed by atoms with van der Waals surface area (Å²) in [5.74, 6) is 0.457. The van der Waals surface area contributed by atoms with E-state index in [1.54, 1.807) is 0 Å². The molecule has 0 amide bonds. The number of nitrogens with one attached hydrogen (secondary N) is 1. The van der Waals surface area contributed by atoms with E-state index in [1.165, 1.54) is 0 Å². The van der Waals surface area contributed by atoms with Gasteiger partial charge in [-0.3, -0.25) is 5.43 Å². The van der Waals surface area contributed by atoms with Gasteiger partial charge >= 0.3 is 0 Å². The third-order valence-corrected chi connectivity index (χ3v) is 3.36. The van der Waals surface area contributed by atoms with Crippen molar-refractivity contribution in [3.63, 3.8) is 0 Å². The second-order valence-electron chi connectivity index (χ2n) is 4.56. The van der Waals surface area contributed by atoms with Gasteiger partial charge in [-0.05, 0) is 48.5 Å². The quantitative estimate of drug-likeness (QED) is 0.513. The Hall–Kier alpha value is -2.01. The van der Waals surface area contributed by atoms with E-state index in [2.05, 4.69) is 26.5 Å². The maximum Gasteiger partial charge on any atom is 0.150 e. The molecule has 0 unspecified atom stereocenters. The highest BCUT2D eigenvalue weighted by Crippen LogP contribution is 2.15. The van der Waals surface area contributed by atoms with Crippen molar-refractivity contribution in [1.82, 2.24) is 0 Å². The molecular formula is C15H17BrN4. The van der Waals surface area contributed by atoms with Gasteiger partial charge in [-0.2, -0.15) is 5.10 Å². The Morgan fingerprint density at radius 1 is 1.05 bits per heavy atom. The Labute approximate surface area is 127 Å². The molecule has 0 spiro atoms. The van der Waals surface area contributed by atoms with Crippen LogP contribution < -0.4 is 16.1 Å². The fourth-order valence-electron chi connectivity index (χ4n) is 1.64. The van der Waals surface area contributed by atoms with Crippen LogP contribution >= 0.6 is 15.9 Å². The largest absolute Gasteiger partial charge is 0.382 e. The fraction of sp³-hybridized carbons (Fsp3) is 0.133. The lowest BCUT2D eigenvalue weighted by atomic mass is 10.2. The molecule has 4 nitrogen and oxygen atoms in total. The van der Waals surface area contributed by atoms with Crippen LogP contribution in [0.2, 0.25) is 0 Å². The summed E-state index contributed by atoms with van der Waals surface area (Å²) in [5.41, 5.74) is 11.8. The molecule has 0 saturated heterocycles. The summed E-state index contributed by atoms with van der Waals surface area (Å²) >= 11 is 3.39. The summed E-state index contributed by atoms with van der Waals surface area (Å²) in [6.45, 7) is 0. The minimum absolute atomic E-state index is 0.457. The van der Waals surface area contributed by atoms with E-state index < -0.39 is 0 Å². The molecule has 0 aliphatic carbocycles. The molecule has 0 radical (unpaired) electrons. The van der Waals surface area contributed by atoms with Gasteiger partial charge in [-0.25, -0.2) is 0 Å². The van der Waals surface area contributed by atoms with Crippen molar-refractivity contribution in [3.8, 4) is 0 Å². The molecule has 0 aliphatic heterocycles. The smallest absolute Gasteiger partial charge is 0.150 e. The molecule has 0 fully saturated rings. The molecule has 0 heterocycles. The Morgan fingerprint density at radius 2 is 1.65 bits per heavy atom. The third-order valence-electron chi connectivity index (χ3n) is 2.83. The van der Waals surface area contributed by atoms with Gasteiger partial charge in [-0.15, -0.1) is 0 Å². The van der Waals surface area contributed by atoms with Crippen molar-refractivity contribution < 1.29 is 0 Å². The normalized spacial score (nSPS) is 11.2. The zero-order valence-corrected chi connectivity index (χ0v) is 13.1. The van der Waals surface area contributed by atoms with Gasteiger partial charge in [-0.1, -0.05) is 15.9 Å². The SMILES string of the molecule is CN(C)c1ccc(/C(N)=N/Nc2ccc(Br)cc2)cc1. The van der Waals surface area contributed by atoms with E-state index in [0.717, 1.165) is 21.4 Å². The lowest BCUT2D eigenvalue weighted by molar-refractivity contribution is 1.13. The van der Waals surface area contributed by atoms with Crippen LogP contribution in [-0.2, 0) is 0 Å². The summed E-state index contributed by atoms with van der Waals surface area (Å²) in [5, 5.41) is 4.18. The Bertz CT molecular complexity index is 588. The average Bonchev–Trinajstić information content (AvgIpc) is 2.46. The second-order valence-corrected chi connectivity index (χ2v) is 5.47. The molecule has 0 saturated carbocycles. The summed E-state index contributed by atoms with van der Waals surface area (Å²) in [6.07, 6.45) is 0. The standard InChI is InChI=1S/C15H17BrN4/c1-20(2)14-9-3-11(4-10-14)15(17)19-18-13-7-5-12(16)6-8-13/h3-10,18H,1-2H3,(H2,17,19). The second kappa shape index (κ2) is 6.43. The van der Waals surface area contributed by atoms with Gasteiger partial charge in [0.25, 0.3) is 0 Å². The maximum atomic E-state index is 5.96. The van der Waals surface area contributed by atoms with Crippen LogP contribution in [0.25, 0.3) is 0 Å². The molecule has 2 rings (SSSR count). The first-order valence-electron chi connectivity index (χ1n) is 6.19. The number of halogens is 1. The van der Waals surface area contributed by atoms with Crippen molar-refractivity contribution in [3.05, 3.63) is 58.6 Å². The summed E-state index contributed by atoms with van der Waals surface area (Å²) in [7, 11) is 4.00. The average molecular weight is 333 g/mol. The van der Waals surface area contributed by atoms with E-state index in [1.807, 2.05) is 67.5 Å². The molecule has 0 aromatic heterocycles. The molecule has 20 heavy (non-hydrogen) atoms. The number of hydrazone groups is 1. The van der Waals surface area contributed by atoms with Crippen LogP contribution in [0.15, 0.2) is 58.1 Å². The first-order chi connectivity index (χ1) is 9.56. The number of nitrogens with two attached hydrogens (primary N) is 1. The van der Waals surface area contributed by atoms with Crippen LogP contribution in [-0.4, -0.2) is 19.9 Å². The fourth-order valence-corrected chi connectivity index (χ4v) is 1.91. The van der Waals surface area contributed by atoms with E-state index in [0.29, 0.717) is 5.84 Å². The van der Waals surface area contributed by atoms with Crippen molar-refractivity contribution in [2.45, 2.75) is 0 Å². The first-order valence-corrected chi connectivity index (χ1v) is 6.98. The predicted molar refractivity (Wildman–Crippen MR) is 89.3 cm³/mol. The zero-order valence-electron chi connectivity index (χ0n) is 11.5. The monoisotopic (exact) mass is 332 g/mol. The lowest BCUT2D eigenvalue weighted by Gasteiger charge is -2.12. The summed E-state index contributed by atoms with van der Waals surface area (Å²) in [6, 6.07) is 15.7. The molecule has 3 N–H and O–H groups in total. The van der Waals surface area contributed by atoms with Gasteiger partial charge < -0.3 is 10.6 Å². The van der Waals surface area contributed by atoms with Crippen LogP contribution in [0.5, 0.6) is 0 Å². The van der Waals surface area contributed by atoms with Crippen LogP contribution in [0.1, 0.15) is 5.56 Å². The van der Waals surface area contributed by atoms with Crippen molar-refractivity contribution in [1.29, 1.82) is 0 Å².